The van der Waals surface area contributed by atoms with Crippen molar-refractivity contribution in [2.24, 2.45) is 5.41 Å². The number of halogens is 1. The maximum atomic E-state index is 11.9. The topological polar surface area (TPSA) is 67.2 Å². The maximum Gasteiger partial charge on any atom is 0.283 e. The van der Waals surface area contributed by atoms with E-state index in [4.69, 9.17) is 5.11 Å². The van der Waals surface area contributed by atoms with E-state index in [1.807, 2.05) is 0 Å². The molecule has 0 aromatic carbocycles. The molecule has 1 aromatic rings. The van der Waals surface area contributed by atoms with Gasteiger partial charge in [-0.2, -0.15) is 5.10 Å². The highest BCUT2D eigenvalue weighted by Gasteiger charge is 2.16. The van der Waals surface area contributed by atoms with Gasteiger partial charge >= 0.3 is 0 Å². The van der Waals surface area contributed by atoms with Crippen molar-refractivity contribution in [3.63, 3.8) is 0 Å². The van der Waals surface area contributed by atoms with Crippen LogP contribution >= 0.6 is 15.9 Å². The van der Waals surface area contributed by atoms with Gasteiger partial charge < -0.3 is 10.4 Å². The molecular formula is C12H20BrN3O2. The van der Waals surface area contributed by atoms with Gasteiger partial charge in [-0.1, -0.05) is 20.8 Å². The highest BCUT2D eigenvalue weighted by atomic mass is 79.9. The fraction of sp³-hybridized carbons (Fsp3) is 0.667. The first kappa shape index (κ1) is 15.2. The number of nitrogens with zero attached hydrogens (tertiary/aromatic N) is 2. The standard InChI is InChI=1S/C12H20BrN3O2/c1-4-12(2,3)8-14-9-7-15-16(5-6-17)11(18)10(9)13/h7,14,17H,4-6,8H2,1-3H3. The van der Waals surface area contributed by atoms with Gasteiger partial charge in [0, 0.05) is 6.54 Å². The van der Waals surface area contributed by atoms with E-state index < -0.39 is 0 Å². The first-order chi connectivity index (χ1) is 8.41. The second-order valence-corrected chi connectivity index (χ2v) is 5.79. The molecule has 0 saturated heterocycles. The van der Waals surface area contributed by atoms with Crippen LogP contribution < -0.4 is 10.9 Å². The molecule has 0 unspecified atom stereocenters. The molecule has 0 radical (unpaired) electrons. The van der Waals surface area contributed by atoms with Gasteiger partial charge in [0.2, 0.25) is 0 Å². The van der Waals surface area contributed by atoms with Crippen LogP contribution in [0.5, 0.6) is 0 Å². The summed E-state index contributed by atoms with van der Waals surface area (Å²) in [5.74, 6) is 0. The Morgan fingerprint density at radius 1 is 1.56 bits per heavy atom. The van der Waals surface area contributed by atoms with Gasteiger partial charge in [0.1, 0.15) is 4.47 Å². The fourth-order valence-corrected chi connectivity index (χ4v) is 1.75. The quantitative estimate of drug-likeness (QED) is 0.840. The first-order valence-corrected chi connectivity index (χ1v) is 6.81. The molecule has 102 valence electrons. The lowest BCUT2D eigenvalue weighted by Gasteiger charge is -2.23. The van der Waals surface area contributed by atoms with Crippen LogP contribution in [-0.2, 0) is 6.54 Å². The van der Waals surface area contributed by atoms with Gasteiger partial charge in [-0.25, -0.2) is 4.68 Å². The van der Waals surface area contributed by atoms with Crippen molar-refractivity contribution in [3.8, 4) is 0 Å². The van der Waals surface area contributed by atoms with Crippen molar-refractivity contribution in [1.82, 2.24) is 9.78 Å². The van der Waals surface area contributed by atoms with E-state index in [1.165, 1.54) is 4.68 Å². The van der Waals surface area contributed by atoms with E-state index in [0.717, 1.165) is 13.0 Å². The van der Waals surface area contributed by atoms with E-state index in [2.05, 4.69) is 47.1 Å². The normalized spacial score (nSPS) is 11.6. The van der Waals surface area contributed by atoms with Crippen LogP contribution in [0.1, 0.15) is 27.2 Å². The number of aromatic nitrogens is 2. The van der Waals surface area contributed by atoms with Crippen LogP contribution in [0.4, 0.5) is 5.69 Å². The molecule has 0 aliphatic heterocycles. The summed E-state index contributed by atoms with van der Waals surface area (Å²) in [4.78, 5) is 11.9. The van der Waals surface area contributed by atoms with Crippen LogP contribution in [0.15, 0.2) is 15.5 Å². The van der Waals surface area contributed by atoms with Crippen molar-refractivity contribution in [2.45, 2.75) is 33.7 Å². The zero-order valence-electron chi connectivity index (χ0n) is 11.0. The Kier molecular flexibility index (Phi) is 5.34. The van der Waals surface area contributed by atoms with Crippen molar-refractivity contribution in [2.75, 3.05) is 18.5 Å². The lowest BCUT2D eigenvalue weighted by molar-refractivity contribution is 0.266. The molecule has 0 saturated carbocycles. The summed E-state index contributed by atoms with van der Waals surface area (Å²) < 4.78 is 1.69. The molecule has 2 N–H and O–H groups in total. The monoisotopic (exact) mass is 317 g/mol. The summed E-state index contributed by atoms with van der Waals surface area (Å²) in [6.07, 6.45) is 2.65. The number of nitrogens with one attached hydrogen (secondary N) is 1. The summed E-state index contributed by atoms with van der Waals surface area (Å²) in [5.41, 5.74) is 0.624. The Morgan fingerprint density at radius 3 is 2.78 bits per heavy atom. The summed E-state index contributed by atoms with van der Waals surface area (Å²) in [5, 5.41) is 16.1. The SMILES string of the molecule is CCC(C)(C)CNc1cnn(CCO)c(=O)c1Br. The molecule has 0 bridgehead atoms. The Morgan fingerprint density at radius 2 is 2.22 bits per heavy atom. The molecule has 0 aliphatic carbocycles. The van der Waals surface area contributed by atoms with Crippen LogP contribution in [-0.4, -0.2) is 28.0 Å². The zero-order valence-corrected chi connectivity index (χ0v) is 12.6. The minimum absolute atomic E-state index is 0.102. The molecule has 18 heavy (non-hydrogen) atoms. The Balaban J connectivity index is 2.86. The lowest BCUT2D eigenvalue weighted by atomic mass is 9.90. The summed E-state index contributed by atoms with van der Waals surface area (Å²) in [6.45, 7) is 7.33. The second kappa shape index (κ2) is 6.33. The van der Waals surface area contributed by atoms with E-state index in [9.17, 15) is 4.79 Å². The third-order valence-electron chi connectivity index (χ3n) is 3.01. The van der Waals surface area contributed by atoms with Gasteiger partial charge in [0.15, 0.2) is 0 Å². The van der Waals surface area contributed by atoms with E-state index in [1.54, 1.807) is 6.20 Å². The molecule has 0 fully saturated rings. The van der Waals surface area contributed by atoms with E-state index >= 15 is 0 Å². The van der Waals surface area contributed by atoms with Gasteiger partial charge in [-0.15, -0.1) is 0 Å². The number of aliphatic hydroxyl groups excluding tert-OH is 1. The molecule has 1 aromatic heterocycles. The molecule has 0 amide bonds. The van der Waals surface area contributed by atoms with Crippen molar-refractivity contribution in [3.05, 3.63) is 21.0 Å². The van der Waals surface area contributed by atoms with Crippen molar-refractivity contribution >= 4 is 21.6 Å². The molecular weight excluding hydrogens is 298 g/mol. The number of hydrogen-bond donors (Lipinski definition) is 2. The van der Waals surface area contributed by atoms with Gasteiger partial charge in [0.25, 0.3) is 5.56 Å². The molecule has 0 aliphatic rings. The molecule has 1 rings (SSSR count). The Hall–Kier alpha value is -0.880. The fourth-order valence-electron chi connectivity index (χ4n) is 1.30. The predicted molar refractivity (Wildman–Crippen MR) is 75.8 cm³/mol. The average Bonchev–Trinajstić information content (AvgIpc) is 2.34. The second-order valence-electron chi connectivity index (χ2n) is 5.00. The van der Waals surface area contributed by atoms with Crippen LogP contribution in [0.3, 0.4) is 0 Å². The number of aliphatic hydroxyl groups is 1. The molecule has 1 heterocycles. The molecule has 0 spiro atoms. The highest BCUT2D eigenvalue weighted by molar-refractivity contribution is 9.10. The van der Waals surface area contributed by atoms with Gasteiger partial charge in [0.05, 0.1) is 25.0 Å². The zero-order chi connectivity index (χ0) is 13.8. The third-order valence-corrected chi connectivity index (χ3v) is 3.78. The van der Waals surface area contributed by atoms with Crippen LogP contribution in [0.25, 0.3) is 0 Å². The minimum atomic E-state index is -0.233. The lowest BCUT2D eigenvalue weighted by Crippen LogP contribution is -2.28. The summed E-state index contributed by atoms with van der Waals surface area (Å²) in [6, 6.07) is 0. The van der Waals surface area contributed by atoms with E-state index in [0.29, 0.717) is 10.2 Å². The largest absolute Gasteiger partial charge is 0.394 e. The average molecular weight is 318 g/mol. The minimum Gasteiger partial charge on any atom is -0.394 e. The van der Waals surface area contributed by atoms with Crippen LogP contribution in [0.2, 0.25) is 0 Å². The third kappa shape index (κ3) is 3.81. The highest BCUT2D eigenvalue weighted by Crippen LogP contribution is 2.22. The molecule has 6 heteroatoms. The van der Waals surface area contributed by atoms with Crippen molar-refractivity contribution < 1.29 is 5.11 Å². The maximum absolute atomic E-state index is 11.9. The summed E-state index contributed by atoms with van der Waals surface area (Å²) in [7, 11) is 0. The molecule has 5 nitrogen and oxygen atoms in total. The predicted octanol–water partition coefficient (Wildman–Crippen LogP) is 1.85. The smallest absolute Gasteiger partial charge is 0.283 e. The summed E-state index contributed by atoms with van der Waals surface area (Å²) >= 11 is 3.27. The molecule has 0 atom stereocenters. The first-order valence-electron chi connectivity index (χ1n) is 6.01. The number of anilines is 1. The Labute approximate surface area is 115 Å². The van der Waals surface area contributed by atoms with Gasteiger partial charge in [-0.05, 0) is 27.8 Å². The number of hydrogen-bond acceptors (Lipinski definition) is 4. The Bertz CT molecular complexity index is 457. The van der Waals surface area contributed by atoms with Crippen molar-refractivity contribution in [1.29, 1.82) is 0 Å². The van der Waals surface area contributed by atoms with E-state index in [-0.39, 0.29) is 24.1 Å². The number of rotatable bonds is 6. The van der Waals surface area contributed by atoms with Crippen LogP contribution in [0, 0.1) is 5.41 Å². The van der Waals surface area contributed by atoms with Gasteiger partial charge in [-0.3, -0.25) is 4.79 Å².